The molecule has 2 N–H and O–H groups in total. The van der Waals surface area contributed by atoms with Gasteiger partial charge in [-0.15, -0.1) is 5.11 Å². The largest absolute Gasteiger partial charge is 0.478 e. The number of nitrogens with one attached hydrogen (secondary N) is 1. The number of fused-ring (bicyclic) bond motifs is 1. The highest BCUT2D eigenvalue weighted by Gasteiger charge is 2.08. The van der Waals surface area contributed by atoms with Crippen molar-refractivity contribution in [3.8, 4) is 0 Å². The maximum absolute atomic E-state index is 10.9. The smallest absolute Gasteiger partial charge is 0.342 e. The molecule has 132 valence electrons. The third kappa shape index (κ3) is 4.10. The second-order valence-corrected chi connectivity index (χ2v) is 5.78. The molecule has 0 radical (unpaired) electrons. The lowest BCUT2D eigenvalue weighted by molar-refractivity contribution is 0.0697. The van der Waals surface area contributed by atoms with Gasteiger partial charge in [-0.1, -0.05) is 31.1 Å². The average molecular weight is 351 g/mol. The van der Waals surface area contributed by atoms with Crippen LogP contribution in [0.2, 0.25) is 0 Å². The predicted octanol–water partition coefficient (Wildman–Crippen LogP) is 4.69. The zero-order valence-electron chi connectivity index (χ0n) is 14.2. The summed E-state index contributed by atoms with van der Waals surface area (Å²) in [5, 5.41) is 21.3. The van der Waals surface area contributed by atoms with Crippen molar-refractivity contribution >= 4 is 34.6 Å². The van der Waals surface area contributed by atoms with Gasteiger partial charge in [0.1, 0.15) is 5.52 Å². The van der Waals surface area contributed by atoms with E-state index in [1.165, 1.54) is 12.1 Å². The second kappa shape index (κ2) is 7.56. The van der Waals surface area contributed by atoms with E-state index in [4.69, 9.17) is 9.52 Å². The van der Waals surface area contributed by atoms with Gasteiger partial charge >= 0.3 is 12.0 Å². The molecule has 0 aliphatic carbocycles. The molecule has 26 heavy (non-hydrogen) atoms. The number of carbonyl (C=O) groups is 1. The van der Waals surface area contributed by atoms with Gasteiger partial charge in [-0.05, 0) is 36.4 Å². The number of nitrogens with zero attached hydrogens (tertiary/aromatic N) is 4. The molecule has 2 aromatic carbocycles. The van der Waals surface area contributed by atoms with Gasteiger partial charge in [0.25, 0.3) is 0 Å². The highest BCUT2D eigenvalue weighted by Crippen LogP contribution is 2.21. The molecule has 3 aromatic rings. The van der Waals surface area contributed by atoms with Gasteiger partial charge < -0.3 is 9.52 Å². The lowest BCUT2D eigenvalue weighted by Gasteiger charge is -2.05. The van der Waals surface area contributed by atoms with Crippen LogP contribution in [0.3, 0.4) is 0 Å². The number of benzene rings is 2. The van der Waals surface area contributed by atoms with Crippen LogP contribution in [0.1, 0.15) is 24.2 Å². The summed E-state index contributed by atoms with van der Waals surface area (Å²) in [6.45, 7) is 3.86. The van der Waals surface area contributed by atoms with Crippen LogP contribution in [-0.2, 0) is 0 Å². The van der Waals surface area contributed by atoms with E-state index in [1.54, 1.807) is 18.2 Å². The number of hydrogen-bond donors (Lipinski definition) is 2. The third-order valence-corrected chi connectivity index (χ3v) is 3.47. The van der Waals surface area contributed by atoms with Crippen LogP contribution < -0.4 is 5.43 Å². The molecule has 1 heterocycles. The Morgan fingerprint density at radius 1 is 1.15 bits per heavy atom. The first-order valence-electron chi connectivity index (χ1n) is 7.97. The summed E-state index contributed by atoms with van der Waals surface area (Å²) in [6, 6.07) is 13.8. The van der Waals surface area contributed by atoms with Gasteiger partial charge in [-0.3, -0.25) is 5.43 Å². The molecule has 8 heteroatoms. The molecule has 0 atom stereocenters. The van der Waals surface area contributed by atoms with Crippen LogP contribution in [0, 0.1) is 5.92 Å². The minimum absolute atomic E-state index is 0.00826. The fourth-order valence-corrected chi connectivity index (χ4v) is 2.07. The standard InChI is InChI=1S/C18H17N5O3/c1-11(2)16(21-20-13-9-7-12(8-10-13)17(24)25)22-23-18-19-14-5-3-4-6-15(14)26-18/h3-11,20H,1-2H3,(H,24,25)/b21-16+,23-22?. The molecule has 0 unspecified atom stereocenters. The Morgan fingerprint density at radius 2 is 1.88 bits per heavy atom. The average Bonchev–Trinajstić information content (AvgIpc) is 3.04. The Morgan fingerprint density at radius 3 is 2.54 bits per heavy atom. The molecule has 0 saturated carbocycles. The van der Waals surface area contributed by atoms with Crippen molar-refractivity contribution in [2.75, 3.05) is 5.43 Å². The number of hydrazone groups is 1. The first-order valence-corrected chi connectivity index (χ1v) is 7.97. The number of rotatable bonds is 5. The molecule has 0 spiro atoms. The molecule has 1 aromatic heterocycles. The van der Waals surface area contributed by atoms with E-state index in [9.17, 15) is 4.79 Å². The van der Waals surface area contributed by atoms with Gasteiger partial charge in [0, 0.05) is 5.92 Å². The molecule has 8 nitrogen and oxygen atoms in total. The van der Waals surface area contributed by atoms with Crippen LogP contribution in [0.5, 0.6) is 0 Å². The maximum Gasteiger partial charge on any atom is 0.342 e. The van der Waals surface area contributed by atoms with Crippen LogP contribution in [0.4, 0.5) is 11.7 Å². The summed E-state index contributed by atoms with van der Waals surface area (Å²) < 4.78 is 5.49. The third-order valence-electron chi connectivity index (χ3n) is 3.47. The second-order valence-electron chi connectivity index (χ2n) is 5.78. The molecule has 0 bridgehead atoms. The van der Waals surface area contributed by atoms with E-state index in [1.807, 2.05) is 32.0 Å². The zero-order chi connectivity index (χ0) is 18.5. The van der Waals surface area contributed by atoms with Gasteiger partial charge in [-0.25, -0.2) is 4.79 Å². The summed E-state index contributed by atoms with van der Waals surface area (Å²) in [5.74, 6) is -0.515. The Bertz CT molecular complexity index is 941. The first-order chi connectivity index (χ1) is 12.5. The van der Waals surface area contributed by atoms with Gasteiger partial charge in [0.05, 0.1) is 11.3 Å². The number of oxazole rings is 1. The number of azo groups is 1. The van der Waals surface area contributed by atoms with E-state index < -0.39 is 5.97 Å². The lowest BCUT2D eigenvalue weighted by Crippen LogP contribution is -2.06. The number of para-hydroxylation sites is 2. The quantitative estimate of drug-likeness (QED) is 0.300. The van der Waals surface area contributed by atoms with Crippen molar-refractivity contribution in [1.82, 2.24) is 4.98 Å². The topological polar surface area (TPSA) is 112 Å². The number of aromatic carboxylic acids is 1. The maximum atomic E-state index is 10.9. The number of carboxylic acids is 1. The van der Waals surface area contributed by atoms with E-state index in [-0.39, 0.29) is 17.5 Å². The highest BCUT2D eigenvalue weighted by atomic mass is 16.4. The van der Waals surface area contributed by atoms with Crippen LogP contribution in [0.25, 0.3) is 11.1 Å². The number of hydrogen-bond acceptors (Lipinski definition) is 6. The summed E-state index contributed by atoms with van der Waals surface area (Å²) in [5.41, 5.74) is 5.05. The van der Waals surface area contributed by atoms with E-state index in [2.05, 4.69) is 25.7 Å². The van der Waals surface area contributed by atoms with Crippen LogP contribution in [0.15, 0.2) is 68.3 Å². The monoisotopic (exact) mass is 351 g/mol. The molecule has 3 rings (SSSR count). The molecular formula is C18H17N5O3. The van der Waals surface area contributed by atoms with E-state index in [0.717, 1.165) is 0 Å². The molecule has 0 saturated heterocycles. The summed E-state index contributed by atoms with van der Waals surface area (Å²) >= 11 is 0. The van der Waals surface area contributed by atoms with Gasteiger partial charge in [0.2, 0.25) is 0 Å². The molecular weight excluding hydrogens is 334 g/mol. The normalized spacial score (nSPS) is 12.2. The van der Waals surface area contributed by atoms with E-state index in [0.29, 0.717) is 22.6 Å². The van der Waals surface area contributed by atoms with Crippen LogP contribution in [-0.4, -0.2) is 21.9 Å². The SMILES string of the molecule is CC(C)/C(N=Nc1nc2ccccc2o1)=N\Nc1ccc(C(=O)O)cc1. The molecule has 0 fully saturated rings. The number of amidine groups is 1. The van der Waals surface area contributed by atoms with Crippen molar-refractivity contribution < 1.29 is 14.3 Å². The lowest BCUT2D eigenvalue weighted by atomic mass is 10.2. The van der Waals surface area contributed by atoms with Gasteiger partial charge in [0.15, 0.2) is 11.4 Å². The summed E-state index contributed by atoms with van der Waals surface area (Å²) in [4.78, 5) is 15.1. The Balaban J connectivity index is 1.75. The number of aromatic nitrogens is 1. The first kappa shape index (κ1) is 17.3. The van der Waals surface area contributed by atoms with Crippen molar-refractivity contribution in [2.24, 2.45) is 21.2 Å². The minimum Gasteiger partial charge on any atom is -0.478 e. The zero-order valence-corrected chi connectivity index (χ0v) is 14.2. The predicted molar refractivity (Wildman–Crippen MR) is 97.8 cm³/mol. The summed E-state index contributed by atoms with van der Waals surface area (Å²) in [7, 11) is 0. The van der Waals surface area contributed by atoms with Crippen molar-refractivity contribution in [3.05, 3.63) is 54.1 Å². The van der Waals surface area contributed by atoms with Crippen LogP contribution >= 0.6 is 0 Å². The highest BCUT2D eigenvalue weighted by molar-refractivity contribution is 5.88. The fourth-order valence-electron chi connectivity index (χ4n) is 2.07. The molecule has 0 amide bonds. The van der Waals surface area contributed by atoms with Crippen molar-refractivity contribution in [1.29, 1.82) is 0 Å². The van der Waals surface area contributed by atoms with Crippen molar-refractivity contribution in [2.45, 2.75) is 13.8 Å². The van der Waals surface area contributed by atoms with Gasteiger partial charge in [-0.2, -0.15) is 10.1 Å². The minimum atomic E-state index is -0.977. The Hall–Kier alpha value is -3.55. The van der Waals surface area contributed by atoms with E-state index >= 15 is 0 Å². The Kier molecular flexibility index (Phi) is 5.02. The summed E-state index contributed by atoms with van der Waals surface area (Å²) in [6.07, 6.45) is 0. The fraction of sp³-hybridized carbons (Fsp3) is 0.167. The molecule has 0 aliphatic rings. The van der Waals surface area contributed by atoms with Crippen molar-refractivity contribution in [3.63, 3.8) is 0 Å². The Labute approximate surface area is 149 Å². The molecule has 0 aliphatic heterocycles. The number of carboxylic acid groups (broad SMARTS) is 1. The number of anilines is 1.